The van der Waals surface area contributed by atoms with Crippen LogP contribution >= 0.6 is 0 Å². The predicted octanol–water partition coefficient (Wildman–Crippen LogP) is 0.506. The Morgan fingerprint density at radius 1 is 1.45 bits per heavy atom. The molecule has 0 amide bonds. The van der Waals surface area contributed by atoms with Crippen LogP contribution in [-0.4, -0.2) is 47.9 Å². The third-order valence-electron chi connectivity index (χ3n) is 3.64. The summed E-state index contributed by atoms with van der Waals surface area (Å²) in [7, 11) is -1.65. The smallest absolute Gasteiger partial charge is 0.423 e. The van der Waals surface area contributed by atoms with Gasteiger partial charge in [0.25, 0.3) is 0 Å². The van der Waals surface area contributed by atoms with Gasteiger partial charge in [0.1, 0.15) is 5.82 Å². The average molecular weight is 281 g/mol. The van der Waals surface area contributed by atoms with Gasteiger partial charge in [0.15, 0.2) is 0 Å². The number of benzene rings is 1. The zero-order valence-corrected chi connectivity index (χ0v) is 11.8. The first-order valence-corrected chi connectivity index (χ1v) is 7.08. The zero-order valence-electron chi connectivity index (χ0n) is 11.8. The van der Waals surface area contributed by atoms with Crippen LogP contribution in [-0.2, 0) is 11.3 Å². The molecule has 1 heterocycles. The van der Waals surface area contributed by atoms with Crippen LogP contribution in [0.25, 0.3) is 0 Å². The van der Waals surface area contributed by atoms with E-state index in [1.165, 1.54) is 12.1 Å². The number of ether oxygens (including phenoxy) is 1. The molecule has 1 aliphatic heterocycles. The Kier molecular flexibility index (Phi) is 5.54. The number of halogens is 1. The molecule has 1 atom stereocenters. The molecule has 110 valence electrons. The second-order valence-corrected chi connectivity index (χ2v) is 5.17. The molecule has 1 saturated heterocycles. The van der Waals surface area contributed by atoms with Crippen molar-refractivity contribution in [1.29, 1.82) is 0 Å². The molecule has 20 heavy (non-hydrogen) atoms. The molecule has 0 aromatic heterocycles. The van der Waals surface area contributed by atoms with Gasteiger partial charge >= 0.3 is 7.12 Å². The molecular weight excluding hydrogens is 260 g/mol. The monoisotopic (exact) mass is 281 g/mol. The predicted molar refractivity (Wildman–Crippen MR) is 76.2 cm³/mol. The average Bonchev–Trinajstić information content (AvgIpc) is 2.41. The highest BCUT2D eigenvalue weighted by molar-refractivity contribution is 6.59. The molecule has 4 nitrogen and oxygen atoms in total. The molecule has 1 fully saturated rings. The van der Waals surface area contributed by atoms with Crippen molar-refractivity contribution >= 4 is 12.6 Å². The summed E-state index contributed by atoms with van der Waals surface area (Å²) in [6, 6.07) is 4.16. The number of hydrogen-bond donors (Lipinski definition) is 2. The van der Waals surface area contributed by atoms with Crippen LogP contribution in [0.2, 0.25) is 0 Å². The standard InChI is InChI=1S/C14H21BFNO3/c1-2-20-13-4-3-7-17(10-13)9-11-5-6-12(16)8-14(11)15(18)19/h5-6,8,13,18-19H,2-4,7,9-10H2,1H3. The second kappa shape index (κ2) is 7.17. The van der Waals surface area contributed by atoms with E-state index < -0.39 is 12.9 Å². The Morgan fingerprint density at radius 3 is 2.95 bits per heavy atom. The lowest BCUT2D eigenvalue weighted by Crippen LogP contribution is -2.42. The number of rotatable bonds is 5. The van der Waals surface area contributed by atoms with Crippen molar-refractivity contribution in [1.82, 2.24) is 4.90 Å². The van der Waals surface area contributed by atoms with Crippen molar-refractivity contribution in [3.8, 4) is 0 Å². The van der Waals surface area contributed by atoms with Gasteiger partial charge in [-0.25, -0.2) is 4.39 Å². The van der Waals surface area contributed by atoms with Gasteiger partial charge in [-0.2, -0.15) is 0 Å². The SMILES string of the molecule is CCOC1CCCN(Cc2ccc(F)cc2B(O)O)C1. The lowest BCUT2D eigenvalue weighted by Gasteiger charge is -2.32. The highest BCUT2D eigenvalue weighted by Crippen LogP contribution is 2.16. The van der Waals surface area contributed by atoms with Gasteiger partial charge in [-0.3, -0.25) is 4.90 Å². The van der Waals surface area contributed by atoms with Gasteiger partial charge in [-0.1, -0.05) is 6.07 Å². The van der Waals surface area contributed by atoms with Crippen LogP contribution in [0.4, 0.5) is 4.39 Å². The van der Waals surface area contributed by atoms with Gasteiger partial charge in [0, 0.05) is 19.7 Å². The maximum absolute atomic E-state index is 13.2. The maximum Gasteiger partial charge on any atom is 0.488 e. The van der Waals surface area contributed by atoms with E-state index in [0.29, 0.717) is 13.2 Å². The minimum atomic E-state index is -1.65. The van der Waals surface area contributed by atoms with E-state index in [0.717, 1.165) is 31.5 Å². The maximum atomic E-state index is 13.2. The van der Waals surface area contributed by atoms with E-state index in [4.69, 9.17) is 4.74 Å². The Hall–Kier alpha value is -0.945. The van der Waals surface area contributed by atoms with E-state index in [1.54, 1.807) is 6.07 Å². The van der Waals surface area contributed by atoms with Crippen molar-refractivity contribution in [2.75, 3.05) is 19.7 Å². The zero-order chi connectivity index (χ0) is 14.5. The first kappa shape index (κ1) is 15.4. The first-order chi connectivity index (χ1) is 9.60. The fraction of sp³-hybridized carbons (Fsp3) is 0.571. The van der Waals surface area contributed by atoms with Crippen LogP contribution in [0, 0.1) is 5.82 Å². The Morgan fingerprint density at radius 2 is 2.25 bits per heavy atom. The number of likely N-dealkylation sites (tertiary alicyclic amines) is 1. The molecule has 0 aliphatic carbocycles. The minimum absolute atomic E-state index is 0.233. The van der Waals surface area contributed by atoms with Crippen molar-refractivity contribution in [3.05, 3.63) is 29.6 Å². The summed E-state index contributed by atoms with van der Waals surface area (Å²) in [6.07, 6.45) is 2.35. The van der Waals surface area contributed by atoms with Gasteiger partial charge in [0.05, 0.1) is 6.10 Å². The molecule has 1 aliphatic rings. The molecule has 1 aromatic rings. The van der Waals surface area contributed by atoms with Gasteiger partial charge < -0.3 is 14.8 Å². The summed E-state index contributed by atoms with van der Waals surface area (Å²) in [4.78, 5) is 2.21. The molecule has 1 unspecified atom stereocenters. The Balaban J connectivity index is 2.05. The molecule has 0 bridgehead atoms. The van der Waals surface area contributed by atoms with Crippen LogP contribution in [0.5, 0.6) is 0 Å². The quantitative estimate of drug-likeness (QED) is 0.772. The summed E-state index contributed by atoms with van der Waals surface area (Å²) in [6.45, 7) is 5.04. The van der Waals surface area contributed by atoms with Crippen LogP contribution < -0.4 is 5.46 Å². The third kappa shape index (κ3) is 4.02. The van der Waals surface area contributed by atoms with Crippen molar-refractivity contribution in [2.24, 2.45) is 0 Å². The van der Waals surface area contributed by atoms with E-state index in [2.05, 4.69) is 4.90 Å². The molecule has 0 spiro atoms. The van der Waals surface area contributed by atoms with E-state index >= 15 is 0 Å². The summed E-state index contributed by atoms with van der Waals surface area (Å²) in [5, 5.41) is 18.7. The van der Waals surface area contributed by atoms with E-state index in [1.807, 2.05) is 6.92 Å². The Bertz CT molecular complexity index is 442. The highest BCUT2D eigenvalue weighted by atomic mass is 19.1. The topological polar surface area (TPSA) is 52.9 Å². The largest absolute Gasteiger partial charge is 0.488 e. The highest BCUT2D eigenvalue weighted by Gasteiger charge is 2.23. The summed E-state index contributed by atoms with van der Waals surface area (Å²) in [5.41, 5.74) is 0.988. The summed E-state index contributed by atoms with van der Waals surface area (Å²) in [5.74, 6) is -0.456. The first-order valence-electron chi connectivity index (χ1n) is 7.08. The summed E-state index contributed by atoms with van der Waals surface area (Å²) < 4.78 is 18.8. The molecular formula is C14H21BFNO3. The normalized spacial score (nSPS) is 20.1. The number of hydrogen-bond acceptors (Lipinski definition) is 4. The van der Waals surface area contributed by atoms with Gasteiger partial charge in [-0.15, -0.1) is 0 Å². The van der Waals surface area contributed by atoms with Crippen molar-refractivity contribution in [2.45, 2.75) is 32.4 Å². The molecule has 2 rings (SSSR count). The van der Waals surface area contributed by atoms with Crippen molar-refractivity contribution in [3.63, 3.8) is 0 Å². The number of nitrogens with zero attached hydrogens (tertiary/aromatic N) is 1. The lowest BCUT2D eigenvalue weighted by molar-refractivity contribution is 0.00369. The molecule has 6 heteroatoms. The fourth-order valence-corrected chi connectivity index (χ4v) is 2.72. The van der Waals surface area contributed by atoms with Crippen LogP contribution in [0.3, 0.4) is 0 Å². The molecule has 0 radical (unpaired) electrons. The van der Waals surface area contributed by atoms with E-state index in [9.17, 15) is 14.4 Å². The minimum Gasteiger partial charge on any atom is -0.423 e. The Labute approximate surface area is 119 Å². The van der Waals surface area contributed by atoms with Crippen molar-refractivity contribution < 1.29 is 19.2 Å². The fourth-order valence-electron chi connectivity index (χ4n) is 2.72. The van der Waals surface area contributed by atoms with Crippen LogP contribution in [0.15, 0.2) is 18.2 Å². The van der Waals surface area contributed by atoms with E-state index in [-0.39, 0.29) is 11.6 Å². The summed E-state index contributed by atoms with van der Waals surface area (Å²) >= 11 is 0. The van der Waals surface area contributed by atoms with Gasteiger partial charge in [-0.05, 0) is 49.5 Å². The third-order valence-corrected chi connectivity index (χ3v) is 3.64. The molecule has 1 aromatic carbocycles. The molecule has 2 N–H and O–H groups in total. The second-order valence-electron chi connectivity index (χ2n) is 5.17. The van der Waals surface area contributed by atoms with Crippen LogP contribution in [0.1, 0.15) is 25.3 Å². The van der Waals surface area contributed by atoms with Gasteiger partial charge in [0.2, 0.25) is 0 Å². The molecule has 0 saturated carbocycles. The number of piperidine rings is 1. The lowest BCUT2D eigenvalue weighted by atomic mass is 9.76.